The third kappa shape index (κ3) is 5.07. The quantitative estimate of drug-likeness (QED) is 0.298. The molecule has 35 heavy (non-hydrogen) atoms. The van der Waals surface area contributed by atoms with Gasteiger partial charge in [-0.2, -0.15) is 15.1 Å². The van der Waals surface area contributed by atoms with Crippen LogP contribution in [0.5, 0.6) is 0 Å². The van der Waals surface area contributed by atoms with Crippen LogP contribution < -0.4 is 20.9 Å². The van der Waals surface area contributed by atoms with E-state index in [0.717, 1.165) is 54.4 Å². The number of hydrogen-bond donors (Lipinski definition) is 4. The van der Waals surface area contributed by atoms with E-state index >= 15 is 0 Å². The van der Waals surface area contributed by atoms with Crippen molar-refractivity contribution in [2.75, 3.05) is 47.2 Å². The van der Waals surface area contributed by atoms with Crippen LogP contribution in [-0.2, 0) is 9.53 Å². The Bertz CT molecular complexity index is 1360. The molecule has 0 unspecified atom stereocenters. The summed E-state index contributed by atoms with van der Waals surface area (Å²) in [4.78, 5) is 23.2. The maximum absolute atomic E-state index is 11.6. The van der Waals surface area contributed by atoms with Crippen molar-refractivity contribution in [2.45, 2.75) is 6.92 Å². The second kappa shape index (κ2) is 9.82. The van der Waals surface area contributed by atoms with Crippen LogP contribution in [0.4, 0.5) is 34.5 Å². The monoisotopic (exact) mass is 470 g/mol. The highest BCUT2D eigenvalue weighted by atomic mass is 16.5. The van der Waals surface area contributed by atoms with Crippen molar-refractivity contribution in [3.8, 4) is 0 Å². The first-order valence-electron chi connectivity index (χ1n) is 11.3. The van der Waals surface area contributed by atoms with Gasteiger partial charge in [0.2, 0.25) is 11.9 Å². The number of hydrogen-bond acceptors (Lipinski definition) is 8. The zero-order valence-electron chi connectivity index (χ0n) is 19.3. The van der Waals surface area contributed by atoms with Crippen molar-refractivity contribution in [2.24, 2.45) is 0 Å². The number of rotatable bonds is 7. The molecule has 0 bridgehead atoms. The molecule has 178 valence electrons. The number of carbonyl (C=O) groups is 1. The molecule has 0 saturated carbocycles. The minimum absolute atomic E-state index is 0.280. The van der Waals surface area contributed by atoms with Gasteiger partial charge in [-0.15, -0.1) is 0 Å². The lowest BCUT2D eigenvalue weighted by Crippen LogP contribution is -2.36. The summed E-state index contributed by atoms with van der Waals surface area (Å²) in [6.45, 7) is 8.69. The molecular weight excluding hydrogens is 444 g/mol. The van der Waals surface area contributed by atoms with Crippen molar-refractivity contribution in [3.05, 3.63) is 66.9 Å². The molecule has 0 atom stereocenters. The molecule has 4 N–H and O–H groups in total. The molecule has 1 saturated heterocycles. The summed E-state index contributed by atoms with van der Waals surface area (Å²) in [6.07, 6.45) is 1.22. The van der Waals surface area contributed by atoms with Gasteiger partial charge in [-0.25, -0.2) is 0 Å². The van der Waals surface area contributed by atoms with Gasteiger partial charge in [0, 0.05) is 41.5 Å². The van der Waals surface area contributed by atoms with E-state index in [1.165, 1.54) is 6.08 Å². The molecular formula is C25H26N8O2. The fraction of sp³-hybridized carbons (Fsp3) is 0.200. The summed E-state index contributed by atoms with van der Waals surface area (Å²) < 4.78 is 5.45. The fourth-order valence-corrected chi connectivity index (χ4v) is 3.93. The van der Waals surface area contributed by atoms with Gasteiger partial charge >= 0.3 is 0 Å². The SMILES string of the molecule is C=CC(=O)Nc1cccc(Nc2nc(Nc3ccc(N4CCOCC4)cc3)c3c(C)[nH]nc3n2)c1. The lowest BCUT2D eigenvalue weighted by Gasteiger charge is -2.28. The predicted molar refractivity (Wildman–Crippen MR) is 138 cm³/mol. The van der Waals surface area contributed by atoms with E-state index in [2.05, 4.69) is 54.7 Å². The third-order valence-corrected chi connectivity index (χ3v) is 5.67. The number of anilines is 6. The molecule has 0 spiro atoms. The largest absolute Gasteiger partial charge is 0.378 e. The average Bonchev–Trinajstić information content (AvgIpc) is 3.26. The summed E-state index contributed by atoms with van der Waals surface area (Å²) >= 11 is 0. The molecule has 1 aliphatic rings. The number of H-pyrrole nitrogens is 1. The molecule has 5 rings (SSSR count). The molecule has 1 aliphatic heterocycles. The number of ether oxygens (including phenoxy) is 1. The number of carbonyl (C=O) groups excluding carboxylic acids is 1. The van der Waals surface area contributed by atoms with Crippen molar-refractivity contribution in [1.82, 2.24) is 20.2 Å². The fourth-order valence-electron chi connectivity index (χ4n) is 3.93. The first kappa shape index (κ1) is 22.4. The van der Waals surface area contributed by atoms with Gasteiger partial charge in [0.05, 0.1) is 18.6 Å². The van der Waals surface area contributed by atoms with E-state index in [-0.39, 0.29) is 5.91 Å². The Kier molecular flexibility index (Phi) is 6.27. The predicted octanol–water partition coefficient (Wildman–Crippen LogP) is 4.11. The van der Waals surface area contributed by atoms with Crippen LogP contribution >= 0.6 is 0 Å². The molecule has 4 aromatic rings. The van der Waals surface area contributed by atoms with Crippen molar-refractivity contribution < 1.29 is 9.53 Å². The summed E-state index contributed by atoms with van der Waals surface area (Å²) in [7, 11) is 0. The Morgan fingerprint density at radius 1 is 1.06 bits per heavy atom. The topological polar surface area (TPSA) is 120 Å². The average molecular weight is 471 g/mol. The number of nitrogens with one attached hydrogen (secondary N) is 4. The van der Waals surface area contributed by atoms with Crippen LogP contribution in [-0.4, -0.2) is 52.4 Å². The van der Waals surface area contributed by atoms with Crippen LogP contribution in [0.15, 0.2) is 61.2 Å². The van der Waals surface area contributed by atoms with Gasteiger partial charge in [0.15, 0.2) is 5.65 Å². The summed E-state index contributed by atoms with van der Waals surface area (Å²) in [5, 5.41) is 17.5. The lowest BCUT2D eigenvalue weighted by molar-refractivity contribution is -0.111. The maximum atomic E-state index is 11.6. The summed E-state index contributed by atoms with van der Waals surface area (Å²) in [5.74, 6) is 0.737. The Morgan fingerprint density at radius 2 is 1.83 bits per heavy atom. The maximum Gasteiger partial charge on any atom is 0.247 e. The van der Waals surface area contributed by atoms with Crippen molar-refractivity contribution >= 4 is 51.5 Å². The van der Waals surface area contributed by atoms with Gasteiger partial charge in [-0.1, -0.05) is 12.6 Å². The van der Waals surface area contributed by atoms with Gasteiger partial charge < -0.3 is 25.6 Å². The summed E-state index contributed by atoms with van der Waals surface area (Å²) in [6, 6.07) is 15.5. The number of aryl methyl sites for hydroxylation is 1. The van der Waals surface area contributed by atoms with Crippen LogP contribution in [0.3, 0.4) is 0 Å². The standard InChI is InChI=1S/C25H26N8O2/c1-3-21(34)26-18-5-4-6-19(15-18)28-25-29-23(22-16(2)31-32-24(22)30-25)27-17-7-9-20(10-8-17)33-11-13-35-14-12-33/h3-10,15H,1,11-14H2,2H3,(H,26,34)(H3,27,28,29,30,31,32). The highest BCUT2D eigenvalue weighted by Gasteiger charge is 2.15. The van der Waals surface area contributed by atoms with E-state index in [1.807, 2.05) is 31.2 Å². The molecule has 2 aromatic heterocycles. The Balaban J connectivity index is 1.40. The second-order valence-corrected chi connectivity index (χ2v) is 8.11. The second-order valence-electron chi connectivity index (χ2n) is 8.11. The van der Waals surface area contributed by atoms with E-state index in [4.69, 9.17) is 9.72 Å². The number of fused-ring (bicyclic) bond motifs is 1. The Morgan fingerprint density at radius 3 is 2.60 bits per heavy atom. The van der Waals surface area contributed by atoms with E-state index in [9.17, 15) is 4.79 Å². The van der Waals surface area contributed by atoms with Crippen LogP contribution in [0, 0.1) is 6.92 Å². The first-order valence-corrected chi connectivity index (χ1v) is 11.3. The molecule has 10 nitrogen and oxygen atoms in total. The van der Waals surface area contributed by atoms with E-state index in [0.29, 0.717) is 23.1 Å². The van der Waals surface area contributed by atoms with E-state index in [1.54, 1.807) is 12.1 Å². The zero-order valence-corrected chi connectivity index (χ0v) is 19.3. The van der Waals surface area contributed by atoms with E-state index < -0.39 is 0 Å². The molecule has 10 heteroatoms. The molecule has 0 radical (unpaired) electrons. The number of morpholine rings is 1. The highest BCUT2D eigenvalue weighted by Crippen LogP contribution is 2.29. The molecule has 1 fully saturated rings. The Labute approximate surface area is 202 Å². The van der Waals surface area contributed by atoms with Crippen LogP contribution in [0.25, 0.3) is 11.0 Å². The zero-order chi connectivity index (χ0) is 24.2. The molecule has 3 heterocycles. The summed E-state index contributed by atoms with van der Waals surface area (Å²) in [5.41, 5.74) is 4.84. The number of aromatic amines is 1. The van der Waals surface area contributed by atoms with Crippen molar-refractivity contribution in [1.29, 1.82) is 0 Å². The Hall–Kier alpha value is -4.44. The van der Waals surface area contributed by atoms with Crippen LogP contribution in [0.1, 0.15) is 5.69 Å². The number of benzene rings is 2. The third-order valence-electron chi connectivity index (χ3n) is 5.67. The number of nitrogens with zero attached hydrogens (tertiary/aromatic N) is 4. The number of amides is 1. The molecule has 1 amide bonds. The lowest BCUT2D eigenvalue weighted by atomic mass is 10.2. The van der Waals surface area contributed by atoms with Gasteiger partial charge in [0.1, 0.15) is 5.82 Å². The van der Waals surface area contributed by atoms with Gasteiger partial charge in [0.25, 0.3) is 0 Å². The minimum Gasteiger partial charge on any atom is -0.378 e. The normalized spacial score (nSPS) is 13.5. The smallest absolute Gasteiger partial charge is 0.247 e. The van der Waals surface area contributed by atoms with Gasteiger partial charge in [-0.3, -0.25) is 9.89 Å². The van der Waals surface area contributed by atoms with Crippen LogP contribution in [0.2, 0.25) is 0 Å². The molecule has 2 aromatic carbocycles. The molecule has 0 aliphatic carbocycles. The highest BCUT2D eigenvalue weighted by molar-refractivity contribution is 5.99. The van der Waals surface area contributed by atoms with Crippen molar-refractivity contribution in [3.63, 3.8) is 0 Å². The first-order chi connectivity index (χ1) is 17.1. The minimum atomic E-state index is -0.280. The van der Waals surface area contributed by atoms with Gasteiger partial charge in [-0.05, 0) is 55.5 Å². The number of aromatic nitrogens is 4.